The molecular weight excluding hydrogens is 140 g/mol. The third-order valence-electron chi connectivity index (χ3n) is 1.76. The quantitative estimate of drug-likeness (QED) is 0.449. The Kier molecular flexibility index (Phi) is 2.69. The van der Waals surface area contributed by atoms with E-state index in [4.69, 9.17) is 4.74 Å². The van der Waals surface area contributed by atoms with E-state index >= 15 is 0 Å². The molecule has 1 saturated heterocycles. The van der Waals surface area contributed by atoms with E-state index in [9.17, 15) is 4.79 Å². The first-order valence-corrected chi connectivity index (χ1v) is 4.01. The fourth-order valence-electron chi connectivity index (χ4n) is 1.12. The van der Waals surface area contributed by atoms with Crippen LogP contribution in [0.25, 0.3) is 0 Å². The second-order valence-electron chi connectivity index (χ2n) is 3.17. The number of cyclic esters (lactones) is 1. The van der Waals surface area contributed by atoms with Crippen LogP contribution in [0.4, 0.5) is 0 Å². The summed E-state index contributed by atoms with van der Waals surface area (Å²) in [6, 6.07) is 0. The minimum Gasteiger partial charge on any atom is -0.462 e. The van der Waals surface area contributed by atoms with Crippen LogP contribution in [0.15, 0.2) is 11.6 Å². The van der Waals surface area contributed by atoms with Crippen LogP contribution in [0, 0.1) is 0 Å². The van der Waals surface area contributed by atoms with Gasteiger partial charge in [-0.25, -0.2) is 0 Å². The maximum absolute atomic E-state index is 10.7. The summed E-state index contributed by atoms with van der Waals surface area (Å²) in [6.07, 6.45) is 4.64. The highest BCUT2D eigenvalue weighted by Crippen LogP contribution is 2.17. The number of esters is 1. The average molecular weight is 154 g/mol. The van der Waals surface area contributed by atoms with E-state index in [1.807, 2.05) is 0 Å². The molecule has 0 bridgehead atoms. The number of rotatable bonds is 2. The molecular formula is C9H14O2. The van der Waals surface area contributed by atoms with Gasteiger partial charge in [-0.05, 0) is 20.3 Å². The van der Waals surface area contributed by atoms with Crippen molar-refractivity contribution >= 4 is 5.97 Å². The van der Waals surface area contributed by atoms with Crippen molar-refractivity contribution in [3.05, 3.63) is 11.6 Å². The second kappa shape index (κ2) is 3.56. The summed E-state index contributed by atoms with van der Waals surface area (Å²) in [5.74, 6) is -0.0443. The van der Waals surface area contributed by atoms with Gasteiger partial charge < -0.3 is 4.74 Å². The van der Waals surface area contributed by atoms with Crippen molar-refractivity contribution in [2.45, 2.75) is 39.2 Å². The third kappa shape index (κ3) is 2.74. The molecule has 1 heterocycles. The maximum Gasteiger partial charge on any atom is 0.306 e. The van der Waals surface area contributed by atoms with Crippen molar-refractivity contribution < 1.29 is 9.53 Å². The van der Waals surface area contributed by atoms with E-state index in [2.05, 4.69) is 19.9 Å². The zero-order chi connectivity index (χ0) is 8.27. The van der Waals surface area contributed by atoms with Gasteiger partial charge in [0.2, 0.25) is 0 Å². The predicted octanol–water partition coefficient (Wildman–Crippen LogP) is 2.05. The largest absolute Gasteiger partial charge is 0.462 e. The smallest absolute Gasteiger partial charge is 0.306 e. The van der Waals surface area contributed by atoms with E-state index < -0.39 is 0 Å². The van der Waals surface area contributed by atoms with Crippen LogP contribution in [0.1, 0.15) is 33.1 Å². The van der Waals surface area contributed by atoms with Crippen LogP contribution in [0.5, 0.6) is 0 Å². The molecule has 11 heavy (non-hydrogen) atoms. The van der Waals surface area contributed by atoms with Gasteiger partial charge in [0.1, 0.15) is 6.10 Å². The summed E-state index contributed by atoms with van der Waals surface area (Å²) < 4.78 is 5.03. The highest BCUT2D eigenvalue weighted by atomic mass is 16.5. The third-order valence-corrected chi connectivity index (χ3v) is 1.76. The Morgan fingerprint density at radius 3 is 2.91 bits per heavy atom. The summed E-state index contributed by atoms with van der Waals surface area (Å²) >= 11 is 0. The van der Waals surface area contributed by atoms with Gasteiger partial charge in [-0.3, -0.25) is 4.79 Å². The van der Waals surface area contributed by atoms with Crippen LogP contribution in [-0.4, -0.2) is 12.1 Å². The molecule has 1 aliphatic heterocycles. The van der Waals surface area contributed by atoms with Crippen molar-refractivity contribution in [3.63, 3.8) is 0 Å². The monoisotopic (exact) mass is 154 g/mol. The van der Waals surface area contributed by atoms with Crippen molar-refractivity contribution in [2.24, 2.45) is 0 Å². The standard InChI is InChI=1S/C9H14O2/c1-7(2)3-4-8-5-6-9(10)11-8/h3,8H,4-6H2,1-2H3/t8-/m0/s1. The number of hydrogen-bond acceptors (Lipinski definition) is 2. The molecule has 0 aromatic carbocycles. The fourth-order valence-corrected chi connectivity index (χ4v) is 1.12. The summed E-state index contributed by atoms with van der Waals surface area (Å²) in [7, 11) is 0. The van der Waals surface area contributed by atoms with Crippen molar-refractivity contribution in [3.8, 4) is 0 Å². The van der Waals surface area contributed by atoms with Gasteiger partial charge in [-0.15, -0.1) is 0 Å². The lowest BCUT2D eigenvalue weighted by atomic mass is 10.1. The fraction of sp³-hybridized carbons (Fsp3) is 0.667. The van der Waals surface area contributed by atoms with E-state index in [0.717, 1.165) is 12.8 Å². The molecule has 0 aromatic rings. The number of carbonyl (C=O) groups is 1. The number of allylic oxidation sites excluding steroid dienone is 1. The van der Waals surface area contributed by atoms with Gasteiger partial charge in [0.25, 0.3) is 0 Å². The number of ether oxygens (including phenoxy) is 1. The molecule has 2 heteroatoms. The molecule has 0 amide bonds. The van der Waals surface area contributed by atoms with Crippen LogP contribution in [-0.2, 0) is 9.53 Å². The summed E-state index contributed by atoms with van der Waals surface area (Å²) in [5.41, 5.74) is 1.29. The minimum atomic E-state index is -0.0443. The molecule has 1 rings (SSSR count). The van der Waals surface area contributed by atoms with Gasteiger partial charge >= 0.3 is 5.97 Å². The van der Waals surface area contributed by atoms with Gasteiger partial charge in [0, 0.05) is 12.8 Å². The lowest BCUT2D eigenvalue weighted by Crippen LogP contribution is -2.04. The molecule has 0 unspecified atom stereocenters. The van der Waals surface area contributed by atoms with E-state index in [1.54, 1.807) is 0 Å². The van der Waals surface area contributed by atoms with Crippen molar-refractivity contribution in [2.75, 3.05) is 0 Å². The van der Waals surface area contributed by atoms with E-state index in [1.165, 1.54) is 5.57 Å². The van der Waals surface area contributed by atoms with Crippen LogP contribution in [0.3, 0.4) is 0 Å². The first-order valence-electron chi connectivity index (χ1n) is 4.01. The molecule has 0 aliphatic carbocycles. The molecule has 0 spiro atoms. The zero-order valence-corrected chi connectivity index (χ0v) is 7.09. The van der Waals surface area contributed by atoms with Gasteiger partial charge in [0.05, 0.1) is 0 Å². The highest BCUT2D eigenvalue weighted by Gasteiger charge is 2.21. The van der Waals surface area contributed by atoms with Crippen LogP contribution in [0.2, 0.25) is 0 Å². The molecule has 1 fully saturated rings. The summed E-state index contributed by atoms with van der Waals surface area (Å²) in [5, 5.41) is 0. The lowest BCUT2D eigenvalue weighted by molar-refractivity contribution is -0.141. The average Bonchev–Trinajstić information content (AvgIpc) is 2.31. The molecule has 0 saturated carbocycles. The Bertz CT molecular complexity index is 178. The SMILES string of the molecule is CC(C)=CC[C@H]1CCC(=O)O1. The van der Waals surface area contributed by atoms with Gasteiger partial charge in [-0.1, -0.05) is 11.6 Å². The highest BCUT2D eigenvalue weighted by molar-refractivity contribution is 5.71. The Morgan fingerprint density at radius 1 is 1.73 bits per heavy atom. The number of hydrogen-bond donors (Lipinski definition) is 0. The Labute approximate surface area is 67.2 Å². The Morgan fingerprint density at radius 2 is 2.45 bits per heavy atom. The second-order valence-corrected chi connectivity index (χ2v) is 3.17. The minimum absolute atomic E-state index is 0.0443. The predicted molar refractivity (Wildman–Crippen MR) is 43.2 cm³/mol. The molecule has 1 atom stereocenters. The first-order chi connectivity index (χ1) is 5.18. The summed E-state index contributed by atoms with van der Waals surface area (Å²) in [6.45, 7) is 4.10. The zero-order valence-electron chi connectivity index (χ0n) is 7.09. The maximum atomic E-state index is 10.7. The topological polar surface area (TPSA) is 26.3 Å². The van der Waals surface area contributed by atoms with E-state index in [-0.39, 0.29) is 12.1 Å². The van der Waals surface area contributed by atoms with Crippen LogP contribution >= 0.6 is 0 Å². The molecule has 0 radical (unpaired) electrons. The van der Waals surface area contributed by atoms with Crippen molar-refractivity contribution in [1.29, 1.82) is 0 Å². The van der Waals surface area contributed by atoms with E-state index in [0.29, 0.717) is 6.42 Å². The molecule has 2 nitrogen and oxygen atoms in total. The molecule has 0 N–H and O–H groups in total. The number of carbonyl (C=O) groups excluding carboxylic acids is 1. The Hall–Kier alpha value is -0.790. The van der Waals surface area contributed by atoms with Gasteiger partial charge in [0.15, 0.2) is 0 Å². The van der Waals surface area contributed by atoms with Crippen LogP contribution < -0.4 is 0 Å². The Balaban J connectivity index is 2.29. The normalized spacial score (nSPS) is 23.1. The summed E-state index contributed by atoms with van der Waals surface area (Å²) in [4.78, 5) is 10.7. The molecule has 62 valence electrons. The van der Waals surface area contributed by atoms with Crippen molar-refractivity contribution in [1.82, 2.24) is 0 Å². The van der Waals surface area contributed by atoms with Gasteiger partial charge in [-0.2, -0.15) is 0 Å². The molecule has 0 aromatic heterocycles. The first kappa shape index (κ1) is 8.31. The lowest BCUT2D eigenvalue weighted by Gasteiger charge is -2.04. The molecule has 1 aliphatic rings.